The van der Waals surface area contributed by atoms with Gasteiger partial charge in [-0.3, -0.25) is 0 Å². The van der Waals surface area contributed by atoms with Crippen LogP contribution in [-0.2, 0) is 0 Å². The largest absolute Gasteiger partial charge is 0.0702 e. The monoisotopic (exact) mass is 180 g/mol. The first-order valence-corrected chi connectivity index (χ1v) is 4.49. The van der Waals surface area contributed by atoms with Crippen LogP contribution in [0.3, 0.4) is 0 Å². The first-order chi connectivity index (χ1) is 7.00. The van der Waals surface area contributed by atoms with E-state index in [1.54, 1.807) is 0 Å². The van der Waals surface area contributed by atoms with E-state index in [-0.39, 0.29) is 0 Å². The molecule has 1 aromatic rings. The van der Waals surface area contributed by atoms with Gasteiger partial charge in [0.05, 0.1) is 0 Å². The van der Waals surface area contributed by atoms with E-state index in [4.69, 9.17) is 0 Å². The van der Waals surface area contributed by atoms with Gasteiger partial charge in [-0.15, -0.1) is 0 Å². The van der Waals surface area contributed by atoms with Gasteiger partial charge >= 0.3 is 0 Å². The van der Waals surface area contributed by atoms with Crippen molar-refractivity contribution in [2.75, 3.05) is 0 Å². The highest BCUT2D eigenvalue weighted by Crippen LogP contribution is 1.78. The lowest BCUT2D eigenvalue weighted by atomic mass is 10.4. The molecule has 0 bridgehead atoms. The quantitative estimate of drug-likeness (QED) is 0.573. The Labute approximate surface area is 85.5 Å². The van der Waals surface area contributed by atoms with Gasteiger partial charge in [-0.05, 0) is 12.1 Å². The predicted octanol–water partition coefficient (Wildman–Crippen LogP) is 3.54. The van der Waals surface area contributed by atoms with Crippen molar-refractivity contribution < 1.29 is 0 Å². The maximum Gasteiger partial charge on any atom is -0.0115 e. The molecule has 0 amide bonds. The van der Waals surface area contributed by atoms with Gasteiger partial charge < -0.3 is 0 Å². The van der Waals surface area contributed by atoms with Gasteiger partial charge in [-0.1, -0.05) is 72.8 Å². The summed E-state index contributed by atoms with van der Waals surface area (Å²) in [6.07, 6.45) is 0. The van der Waals surface area contributed by atoms with Crippen molar-refractivity contribution in [1.82, 2.24) is 0 Å². The third-order valence-corrected chi connectivity index (χ3v) is 1.44. The fourth-order valence-corrected chi connectivity index (χ4v) is 0.817. The molecule has 14 heavy (non-hydrogen) atoms. The fourth-order valence-electron chi connectivity index (χ4n) is 0.817. The zero-order chi connectivity index (χ0) is 9.90. The summed E-state index contributed by atoms with van der Waals surface area (Å²) in [6, 6.07) is 29.0. The lowest BCUT2D eigenvalue weighted by Crippen LogP contribution is -1.46. The maximum absolute atomic E-state index is 2.89. The molecule has 1 aromatic carbocycles. The van der Waals surface area contributed by atoms with Crippen LogP contribution < -0.4 is 0 Å². The number of rotatable bonds is 0. The van der Waals surface area contributed by atoms with E-state index in [9.17, 15) is 0 Å². The Hall–Kier alpha value is -2.00. The zero-order valence-corrected chi connectivity index (χ0v) is 7.93. The highest BCUT2D eigenvalue weighted by molar-refractivity contribution is 4.97. The van der Waals surface area contributed by atoms with Crippen molar-refractivity contribution in [3.63, 3.8) is 0 Å². The van der Waals surface area contributed by atoms with Gasteiger partial charge in [-0.25, -0.2) is 0 Å². The van der Waals surface area contributed by atoms with Crippen LogP contribution in [0.5, 0.6) is 0 Å². The summed E-state index contributed by atoms with van der Waals surface area (Å²) in [5.74, 6) is 0. The van der Waals surface area contributed by atoms with Crippen LogP contribution >= 0.6 is 0 Å². The van der Waals surface area contributed by atoms with Crippen LogP contribution in [0, 0.1) is 12.1 Å². The van der Waals surface area contributed by atoms with Crippen LogP contribution in [0.2, 0.25) is 0 Å². The van der Waals surface area contributed by atoms with E-state index in [1.165, 1.54) is 0 Å². The number of hydrogen-bond donors (Lipinski definition) is 0. The molecular weight excluding hydrogens is 168 g/mol. The van der Waals surface area contributed by atoms with Crippen molar-refractivity contribution >= 4 is 0 Å². The van der Waals surface area contributed by atoms with E-state index in [2.05, 4.69) is 12.1 Å². The molecule has 1 rings (SSSR count). The van der Waals surface area contributed by atoms with Crippen molar-refractivity contribution in [3.8, 4) is 0 Å². The molecule has 0 saturated carbocycles. The van der Waals surface area contributed by atoms with Gasteiger partial charge in [-0.2, -0.15) is 0 Å². The lowest BCUT2D eigenvalue weighted by molar-refractivity contribution is 1.73. The molecule has 0 spiro atoms. The van der Waals surface area contributed by atoms with E-state index < -0.39 is 0 Å². The molecule has 0 aliphatic rings. The summed E-state index contributed by atoms with van der Waals surface area (Å²) in [6.45, 7) is 0. The molecular formula is C14H12. The van der Waals surface area contributed by atoms with Crippen LogP contribution in [0.1, 0.15) is 0 Å². The first-order valence-electron chi connectivity index (χ1n) is 4.49. The molecule has 0 saturated heterocycles. The Bertz CT molecular complexity index is 213. The molecule has 0 atom stereocenters. The van der Waals surface area contributed by atoms with Gasteiger partial charge in [0.15, 0.2) is 0 Å². The molecule has 68 valence electrons. The van der Waals surface area contributed by atoms with Gasteiger partial charge in [0.2, 0.25) is 0 Å². The normalized spacial score (nSPS) is 7.43. The highest BCUT2D eigenvalue weighted by Gasteiger charge is 1.57. The molecule has 0 unspecified atom stereocenters. The van der Waals surface area contributed by atoms with Gasteiger partial charge in [0.25, 0.3) is 0 Å². The van der Waals surface area contributed by atoms with Crippen LogP contribution in [0.4, 0.5) is 0 Å². The summed E-state index contributed by atoms with van der Waals surface area (Å²) < 4.78 is 0. The third kappa shape index (κ3) is 5.62. The second-order valence-electron chi connectivity index (χ2n) is 2.55. The first kappa shape index (κ1) is 10.1. The molecule has 0 aliphatic carbocycles. The second kappa shape index (κ2) is 7.64. The van der Waals surface area contributed by atoms with Crippen LogP contribution in [0.25, 0.3) is 0 Å². The zero-order valence-electron chi connectivity index (χ0n) is 7.93. The van der Waals surface area contributed by atoms with E-state index in [0.717, 1.165) is 0 Å². The lowest BCUT2D eigenvalue weighted by Gasteiger charge is -1.67. The summed E-state index contributed by atoms with van der Waals surface area (Å²) in [4.78, 5) is 0. The average molecular weight is 180 g/mol. The Morgan fingerprint density at radius 1 is 0.357 bits per heavy atom. The van der Waals surface area contributed by atoms with Gasteiger partial charge in [0.1, 0.15) is 0 Å². The summed E-state index contributed by atoms with van der Waals surface area (Å²) in [5.41, 5.74) is 0. The third-order valence-electron chi connectivity index (χ3n) is 1.44. The SMILES string of the molecule is c1ccccccccccccc#1. The topological polar surface area (TPSA) is 0 Å². The summed E-state index contributed by atoms with van der Waals surface area (Å²) >= 11 is 0. The number of hydrogen-bond acceptors (Lipinski definition) is 0. The van der Waals surface area contributed by atoms with Gasteiger partial charge in [0, 0.05) is 0 Å². The molecule has 0 nitrogen and oxygen atoms in total. The van der Waals surface area contributed by atoms with Crippen molar-refractivity contribution in [3.05, 3.63) is 84.9 Å². The smallest absolute Gasteiger partial charge is 0.0115 e. The Balaban J connectivity index is 3.00. The molecule has 0 aliphatic heterocycles. The van der Waals surface area contributed by atoms with Crippen molar-refractivity contribution in [1.29, 1.82) is 0 Å². The molecule has 0 aromatic heterocycles. The molecule has 0 N–H and O–H groups in total. The Kier molecular flexibility index (Phi) is 5.50. The van der Waals surface area contributed by atoms with Crippen LogP contribution in [0.15, 0.2) is 72.8 Å². The van der Waals surface area contributed by atoms with E-state index >= 15 is 0 Å². The minimum atomic E-state index is 1.82. The maximum atomic E-state index is 2.89. The Morgan fingerprint density at radius 2 is 0.643 bits per heavy atom. The van der Waals surface area contributed by atoms with Crippen LogP contribution in [-0.4, -0.2) is 0 Å². The predicted molar refractivity (Wildman–Crippen MR) is 59.4 cm³/mol. The fraction of sp³-hybridized carbons (Fsp3) is 0. The minimum absolute atomic E-state index is 1.82. The summed E-state index contributed by atoms with van der Waals surface area (Å²) in [7, 11) is 0. The standard InChI is InChI=1S/C14H12/c1-2-4-6-8-10-12-14-13-11-9-7-5-3-1/h1-12H. The second-order valence-corrected chi connectivity index (χ2v) is 2.55. The van der Waals surface area contributed by atoms with E-state index in [0.29, 0.717) is 0 Å². The molecule has 0 heterocycles. The molecule has 0 radical (unpaired) electrons. The van der Waals surface area contributed by atoms with E-state index in [1.807, 2.05) is 72.8 Å². The minimum Gasteiger partial charge on any atom is -0.0702 e. The molecule has 0 heteroatoms. The Morgan fingerprint density at radius 3 is 1.00 bits per heavy atom. The highest BCUT2D eigenvalue weighted by atomic mass is 13.6. The average Bonchev–Trinajstić information content (AvgIpc) is 2.22. The summed E-state index contributed by atoms with van der Waals surface area (Å²) in [5, 5.41) is 0. The van der Waals surface area contributed by atoms with Crippen molar-refractivity contribution in [2.45, 2.75) is 0 Å². The molecule has 0 fully saturated rings. The van der Waals surface area contributed by atoms with Crippen molar-refractivity contribution in [2.24, 2.45) is 0 Å².